The van der Waals surface area contributed by atoms with Crippen molar-refractivity contribution in [3.8, 4) is 5.75 Å². The van der Waals surface area contributed by atoms with Crippen LogP contribution >= 0.6 is 11.6 Å². The number of rotatable bonds is 9. The lowest BCUT2D eigenvalue weighted by atomic mass is 9.84. The molecule has 3 atom stereocenters. The number of carbonyl (C=O) groups is 3. The van der Waals surface area contributed by atoms with Crippen LogP contribution in [0.1, 0.15) is 63.4 Å². The van der Waals surface area contributed by atoms with Gasteiger partial charge in [-0.15, -0.1) is 0 Å². The van der Waals surface area contributed by atoms with Crippen LogP contribution in [0.25, 0.3) is 0 Å². The van der Waals surface area contributed by atoms with Gasteiger partial charge in [-0.05, 0) is 80.7 Å². The fraction of sp³-hybridized carbons (Fsp3) is 0.545. The quantitative estimate of drug-likeness (QED) is 0.316. The molecule has 0 radical (unpaired) electrons. The SMILES string of the molecule is COC(=O)C1CCC(OCC2CC3CCCCC3N2C(=O)Cc2ccc(NC(=O)Nc3ccccc3Cl)c(OC)c2)CC1. The predicted octanol–water partition coefficient (Wildman–Crippen LogP) is 6.44. The number of methoxy groups -OCH3 is 2. The molecule has 2 aliphatic carbocycles. The van der Waals surface area contributed by atoms with Crippen molar-refractivity contribution in [2.75, 3.05) is 31.5 Å². The van der Waals surface area contributed by atoms with Crippen LogP contribution in [0, 0.1) is 11.8 Å². The third-order valence-electron chi connectivity index (χ3n) is 9.21. The maximum absolute atomic E-state index is 13.9. The van der Waals surface area contributed by atoms with Crippen LogP contribution in [-0.2, 0) is 25.5 Å². The number of esters is 1. The fourth-order valence-electron chi connectivity index (χ4n) is 7.03. The van der Waals surface area contributed by atoms with Crippen LogP contribution in [-0.4, -0.2) is 61.8 Å². The number of hydrogen-bond donors (Lipinski definition) is 2. The molecular weight excluding hydrogens is 570 g/mol. The Bertz CT molecular complexity index is 1300. The van der Waals surface area contributed by atoms with E-state index in [1.807, 2.05) is 12.1 Å². The smallest absolute Gasteiger partial charge is 0.323 e. The largest absolute Gasteiger partial charge is 0.495 e. The number of hydrogen-bond acceptors (Lipinski definition) is 6. The lowest BCUT2D eigenvalue weighted by Gasteiger charge is -2.35. The molecule has 10 heteroatoms. The average Bonchev–Trinajstić information content (AvgIpc) is 3.40. The zero-order chi connectivity index (χ0) is 30.3. The maximum Gasteiger partial charge on any atom is 0.323 e. The van der Waals surface area contributed by atoms with Crippen LogP contribution in [0.2, 0.25) is 5.02 Å². The molecule has 43 heavy (non-hydrogen) atoms. The van der Waals surface area contributed by atoms with E-state index in [2.05, 4.69) is 15.5 Å². The predicted molar refractivity (Wildman–Crippen MR) is 166 cm³/mol. The van der Waals surface area contributed by atoms with Crippen molar-refractivity contribution < 1.29 is 28.6 Å². The van der Waals surface area contributed by atoms with E-state index in [1.165, 1.54) is 20.6 Å². The van der Waals surface area contributed by atoms with Gasteiger partial charge in [0, 0.05) is 6.04 Å². The van der Waals surface area contributed by atoms with Crippen molar-refractivity contribution in [2.24, 2.45) is 11.8 Å². The zero-order valence-corrected chi connectivity index (χ0v) is 25.7. The minimum atomic E-state index is -0.447. The Morgan fingerprint density at radius 2 is 1.67 bits per heavy atom. The molecule has 232 valence electrons. The van der Waals surface area contributed by atoms with Gasteiger partial charge in [0.2, 0.25) is 5.91 Å². The summed E-state index contributed by atoms with van der Waals surface area (Å²) in [4.78, 5) is 40.5. The second kappa shape index (κ2) is 14.4. The first-order valence-corrected chi connectivity index (χ1v) is 15.7. The van der Waals surface area contributed by atoms with Gasteiger partial charge in [0.1, 0.15) is 5.75 Å². The van der Waals surface area contributed by atoms with Gasteiger partial charge in [-0.3, -0.25) is 9.59 Å². The van der Waals surface area contributed by atoms with Crippen LogP contribution < -0.4 is 15.4 Å². The number of anilines is 2. The normalized spacial score (nSPS) is 25.0. The van der Waals surface area contributed by atoms with Gasteiger partial charge in [0.05, 0.1) is 61.7 Å². The Hall–Kier alpha value is -3.30. The maximum atomic E-state index is 13.9. The van der Waals surface area contributed by atoms with E-state index < -0.39 is 6.03 Å². The molecule has 3 aliphatic rings. The summed E-state index contributed by atoms with van der Waals surface area (Å²) in [5.74, 6) is 0.915. The number of nitrogens with zero attached hydrogens (tertiary/aromatic N) is 1. The first-order valence-electron chi connectivity index (χ1n) is 15.4. The van der Waals surface area contributed by atoms with Crippen molar-refractivity contribution in [2.45, 2.75) is 82.4 Å². The third-order valence-corrected chi connectivity index (χ3v) is 9.54. The van der Waals surface area contributed by atoms with Gasteiger partial charge in [0.25, 0.3) is 0 Å². The number of likely N-dealkylation sites (tertiary alicyclic amines) is 1. The van der Waals surface area contributed by atoms with Crippen LogP contribution in [0.15, 0.2) is 42.5 Å². The Morgan fingerprint density at radius 3 is 2.42 bits per heavy atom. The molecule has 2 saturated carbocycles. The number of amides is 3. The molecule has 0 spiro atoms. The van der Waals surface area contributed by atoms with Crippen molar-refractivity contribution in [1.82, 2.24) is 4.90 Å². The standard InChI is InChI=1S/C33H42ClN3O6/c1-41-30-17-21(11-16-28(30)36-33(40)35-27-9-5-4-8-26(27)34)18-31(38)37-24(19-23-7-3-6-10-29(23)37)20-43-25-14-12-22(13-15-25)32(39)42-2/h4-5,8-9,11,16-17,22-25,29H,3,6-7,10,12-15,18-20H2,1-2H3,(H2,35,36,40). The Kier molecular flexibility index (Phi) is 10.5. The van der Waals surface area contributed by atoms with Gasteiger partial charge in [-0.2, -0.15) is 0 Å². The van der Waals surface area contributed by atoms with Crippen molar-refractivity contribution in [3.05, 3.63) is 53.1 Å². The minimum Gasteiger partial charge on any atom is -0.495 e. The number of benzene rings is 2. The second-order valence-electron chi connectivity index (χ2n) is 11.9. The van der Waals surface area contributed by atoms with Crippen molar-refractivity contribution in [3.63, 3.8) is 0 Å². The zero-order valence-electron chi connectivity index (χ0n) is 25.0. The number of halogens is 1. The monoisotopic (exact) mass is 611 g/mol. The molecule has 0 aromatic heterocycles. The van der Waals surface area contributed by atoms with Gasteiger partial charge in [-0.1, -0.05) is 42.6 Å². The number of para-hydroxylation sites is 1. The summed E-state index contributed by atoms with van der Waals surface area (Å²) in [5.41, 5.74) is 1.81. The molecule has 3 fully saturated rings. The molecule has 2 aromatic rings. The molecule has 9 nitrogen and oxygen atoms in total. The number of urea groups is 1. The van der Waals surface area contributed by atoms with Gasteiger partial charge in [-0.25, -0.2) is 4.79 Å². The van der Waals surface area contributed by atoms with Gasteiger partial charge in [0.15, 0.2) is 0 Å². The van der Waals surface area contributed by atoms with E-state index in [0.717, 1.165) is 56.9 Å². The molecule has 2 aromatic carbocycles. The van der Waals surface area contributed by atoms with Crippen LogP contribution in [0.4, 0.5) is 16.2 Å². The minimum absolute atomic E-state index is 0.0346. The Labute approximate surface area is 258 Å². The van der Waals surface area contributed by atoms with Gasteiger partial charge >= 0.3 is 12.0 Å². The summed E-state index contributed by atoms with van der Waals surface area (Å²) in [6.45, 7) is 0.527. The highest BCUT2D eigenvalue weighted by Crippen LogP contribution is 2.41. The summed E-state index contributed by atoms with van der Waals surface area (Å²) in [6, 6.07) is 12.3. The van der Waals surface area contributed by atoms with Gasteiger partial charge < -0.3 is 29.7 Å². The van der Waals surface area contributed by atoms with Crippen molar-refractivity contribution >= 4 is 40.9 Å². The Morgan fingerprint density at radius 1 is 0.930 bits per heavy atom. The molecule has 1 heterocycles. The van der Waals surface area contributed by atoms with E-state index in [-0.39, 0.29) is 42.4 Å². The molecule has 5 rings (SSSR count). The topological polar surface area (TPSA) is 106 Å². The molecular formula is C33H42ClN3O6. The van der Waals surface area contributed by atoms with E-state index in [9.17, 15) is 14.4 Å². The number of carbonyl (C=O) groups excluding carboxylic acids is 3. The third kappa shape index (κ3) is 7.62. The van der Waals surface area contributed by atoms with E-state index in [4.69, 9.17) is 25.8 Å². The number of nitrogens with one attached hydrogen (secondary N) is 2. The van der Waals surface area contributed by atoms with Crippen molar-refractivity contribution in [1.29, 1.82) is 0 Å². The number of ether oxygens (including phenoxy) is 3. The highest BCUT2D eigenvalue weighted by Gasteiger charge is 2.44. The summed E-state index contributed by atoms with van der Waals surface area (Å²) in [5, 5.41) is 5.99. The summed E-state index contributed by atoms with van der Waals surface area (Å²) in [7, 11) is 2.98. The molecule has 1 aliphatic heterocycles. The lowest BCUT2D eigenvalue weighted by Crippen LogP contribution is -2.46. The lowest BCUT2D eigenvalue weighted by molar-refractivity contribution is -0.148. The first kappa shape index (κ1) is 31.1. The van der Waals surface area contributed by atoms with E-state index in [0.29, 0.717) is 34.7 Å². The summed E-state index contributed by atoms with van der Waals surface area (Å²) < 4.78 is 16.9. The Balaban J connectivity index is 1.21. The molecule has 3 amide bonds. The van der Waals surface area contributed by atoms with Crippen LogP contribution in [0.3, 0.4) is 0 Å². The summed E-state index contributed by atoms with van der Waals surface area (Å²) >= 11 is 6.16. The highest BCUT2D eigenvalue weighted by molar-refractivity contribution is 6.33. The summed E-state index contributed by atoms with van der Waals surface area (Å²) in [6.07, 6.45) is 9.10. The molecule has 1 saturated heterocycles. The average molecular weight is 612 g/mol. The van der Waals surface area contributed by atoms with Crippen LogP contribution in [0.5, 0.6) is 5.75 Å². The van der Waals surface area contributed by atoms with E-state index in [1.54, 1.807) is 30.3 Å². The highest BCUT2D eigenvalue weighted by atomic mass is 35.5. The molecule has 3 unspecified atom stereocenters. The number of fused-ring (bicyclic) bond motifs is 1. The first-order chi connectivity index (χ1) is 20.9. The fourth-order valence-corrected chi connectivity index (χ4v) is 7.22. The second-order valence-corrected chi connectivity index (χ2v) is 12.3. The molecule has 2 N–H and O–H groups in total. The molecule has 0 bridgehead atoms. The van der Waals surface area contributed by atoms with E-state index >= 15 is 0 Å².